The third-order valence-electron chi connectivity index (χ3n) is 1.56. The van der Waals surface area contributed by atoms with Crippen molar-refractivity contribution in [2.45, 2.75) is 19.9 Å². The first-order chi connectivity index (χ1) is 5.72. The lowest BCUT2D eigenvalue weighted by Crippen LogP contribution is -2.19. The second-order valence-electron chi connectivity index (χ2n) is 2.89. The summed E-state index contributed by atoms with van der Waals surface area (Å²) >= 11 is 0. The smallest absolute Gasteiger partial charge is 0.126 e. The molecule has 0 aliphatic carbocycles. The molecule has 12 heavy (non-hydrogen) atoms. The van der Waals surface area contributed by atoms with E-state index in [1.165, 1.54) is 0 Å². The molecular formula is C9H14N2O. The molecule has 1 unspecified atom stereocenters. The summed E-state index contributed by atoms with van der Waals surface area (Å²) in [6.45, 7) is 3.97. The van der Waals surface area contributed by atoms with Crippen LogP contribution >= 0.6 is 0 Å². The van der Waals surface area contributed by atoms with E-state index >= 15 is 0 Å². The van der Waals surface area contributed by atoms with Crippen molar-refractivity contribution in [1.82, 2.24) is 4.98 Å². The number of anilines is 1. The molecule has 0 aromatic carbocycles. The Labute approximate surface area is 72.5 Å². The molecule has 1 aromatic rings. The first-order valence-electron chi connectivity index (χ1n) is 4.03. The van der Waals surface area contributed by atoms with Gasteiger partial charge in [0.1, 0.15) is 5.82 Å². The Morgan fingerprint density at radius 3 is 2.92 bits per heavy atom. The quantitative estimate of drug-likeness (QED) is 0.708. The highest BCUT2D eigenvalue weighted by atomic mass is 16.3. The van der Waals surface area contributed by atoms with Crippen LogP contribution in [0.2, 0.25) is 0 Å². The molecule has 0 radical (unpaired) electrons. The highest BCUT2D eigenvalue weighted by Gasteiger charge is 1.99. The van der Waals surface area contributed by atoms with Crippen molar-refractivity contribution >= 4 is 5.82 Å². The molecule has 0 fully saturated rings. The Balaban J connectivity index is 2.63. The van der Waals surface area contributed by atoms with Crippen molar-refractivity contribution in [3.05, 3.63) is 23.9 Å². The van der Waals surface area contributed by atoms with E-state index in [9.17, 15) is 0 Å². The van der Waals surface area contributed by atoms with Crippen LogP contribution in [0.15, 0.2) is 18.2 Å². The minimum Gasteiger partial charge on any atom is -0.394 e. The van der Waals surface area contributed by atoms with Crippen molar-refractivity contribution in [3.63, 3.8) is 0 Å². The van der Waals surface area contributed by atoms with Gasteiger partial charge in [0, 0.05) is 11.7 Å². The second-order valence-corrected chi connectivity index (χ2v) is 2.89. The van der Waals surface area contributed by atoms with Crippen LogP contribution in [0.4, 0.5) is 5.82 Å². The third-order valence-corrected chi connectivity index (χ3v) is 1.56. The van der Waals surface area contributed by atoms with Crippen LogP contribution in [0.5, 0.6) is 0 Å². The number of aliphatic hydroxyl groups is 1. The number of pyridine rings is 1. The van der Waals surface area contributed by atoms with E-state index in [1.807, 2.05) is 32.0 Å². The zero-order valence-electron chi connectivity index (χ0n) is 7.41. The molecule has 1 rings (SSSR count). The molecule has 0 bridgehead atoms. The molecule has 66 valence electrons. The fourth-order valence-corrected chi connectivity index (χ4v) is 0.922. The Kier molecular flexibility index (Phi) is 3.05. The molecule has 0 amide bonds. The molecule has 1 aromatic heterocycles. The van der Waals surface area contributed by atoms with E-state index in [0.717, 1.165) is 11.5 Å². The van der Waals surface area contributed by atoms with Gasteiger partial charge >= 0.3 is 0 Å². The molecular weight excluding hydrogens is 152 g/mol. The lowest BCUT2D eigenvalue weighted by Gasteiger charge is -2.11. The standard InChI is InChI=1S/C9H14N2O/c1-7-4-3-5-9(10-7)11-8(2)6-12/h3-5,8,12H,6H2,1-2H3,(H,10,11). The van der Waals surface area contributed by atoms with E-state index in [1.54, 1.807) is 0 Å². The molecule has 3 heteroatoms. The van der Waals surface area contributed by atoms with E-state index < -0.39 is 0 Å². The minimum absolute atomic E-state index is 0.0549. The summed E-state index contributed by atoms with van der Waals surface area (Å²) in [5.74, 6) is 0.816. The zero-order valence-corrected chi connectivity index (χ0v) is 7.41. The van der Waals surface area contributed by atoms with Crippen LogP contribution in [0.25, 0.3) is 0 Å². The van der Waals surface area contributed by atoms with E-state index in [2.05, 4.69) is 10.3 Å². The van der Waals surface area contributed by atoms with Gasteiger partial charge in [-0.2, -0.15) is 0 Å². The SMILES string of the molecule is Cc1cccc(NC(C)CO)n1. The number of nitrogens with zero attached hydrogens (tertiary/aromatic N) is 1. The van der Waals surface area contributed by atoms with E-state index in [0.29, 0.717) is 0 Å². The zero-order chi connectivity index (χ0) is 8.97. The van der Waals surface area contributed by atoms with Gasteiger partial charge in [0.25, 0.3) is 0 Å². The number of nitrogens with one attached hydrogen (secondary N) is 1. The molecule has 0 aliphatic heterocycles. The number of rotatable bonds is 3. The number of aromatic nitrogens is 1. The molecule has 0 saturated heterocycles. The van der Waals surface area contributed by atoms with Crippen LogP contribution in [0.3, 0.4) is 0 Å². The predicted octanol–water partition coefficient (Wildman–Crippen LogP) is 1.18. The Bertz CT molecular complexity index is 250. The average Bonchev–Trinajstić information content (AvgIpc) is 2.04. The Morgan fingerprint density at radius 2 is 2.33 bits per heavy atom. The summed E-state index contributed by atoms with van der Waals surface area (Å²) in [6.07, 6.45) is 0. The first-order valence-corrected chi connectivity index (χ1v) is 4.03. The van der Waals surface area contributed by atoms with Gasteiger partial charge < -0.3 is 10.4 Å². The van der Waals surface area contributed by atoms with Gasteiger partial charge in [-0.3, -0.25) is 0 Å². The highest BCUT2D eigenvalue weighted by Crippen LogP contribution is 2.04. The molecule has 1 heterocycles. The monoisotopic (exact) mass is 166 g/mol. The van der Waals surface area contributed by atoms with E-state index in [4.69, 9.17) is 5.11 Å². The summed E-state index contributed by atoms with van der Waals surface area (Å²) in [7, 11) is 0. The number of aryl methyl sites for hydroxylation is 1. The van der Waals surface area contributed by atoms with Gasteiger partial charge in [-0.25, -0.2) is 4.98 Å². The summed E-state index contributed by atoms with van der Waals surface area (Å²) in [6, 6.07) is 5.82. The maximum atomic E-state index is 8.78. The predicted molar refractivity (Wildman–Crippen MR) is 49.1 cm³/mol. The van der Waals surface area contributed by atoms with Gasteiger partial charge in [0.2, 0.25) is 0 Å². The van der Waals surface area contributed by atoms with Crippen molar-refractivity contribution in [2.75, 3.05) is 11.9 Å². The maximum absolute atomic E-state index is 8.78. The minimum atomic E-state index is 0.0549. The topological polar surface area (TPSA) is 45.1 Å². The van der Waals surface area contributed by atoms with Crippen LogP contribution in [-0.4, -0.2) is 22.7 Å². The summed E-state index contributed by atoms with van der Waals surface area (Å²) in [5.41, 5.74) is 0.977. The largest absolute Gasteiger partial charge is 0.394 e. The van der Waals surface area contributed by atoms with Crippen LogP contribution in [-0.2, 0) is 0 Å². The van der Waals surface area contributed by atoms with Crippen molar-refractivity contribution in [2.24, 2.45) is 0 Å². The molecule has 1 atom stereocenters. The fraction of sp³-hybridized carbons (Fsp3) is 0.444. The molecule has 0 spiro atoms. The molecule has 0 aliphatic rings. The van der Waals surface area contributed by atoms with Gasteiger partial charge in [-0.05, 0) is 26.0 Å². The first kappa shape index (κ1) is 9.00. The fourth-order valence-electron chi connectivity index (χ4n) is 0.922. The summed E-state index contributed by atoms with van der Waals surface area (Å²) in [5, 5.41) is 11.8. The van der Waals surface area contributed by atoms with E-state index in [-0.39, 0.29) is 12.6 Å². The van der Waals surface area contributed by atoms with Crippen molar-refractivity contribution in [1.29, 1.82) is 0 Å². The normalized spacial score (nSPS) is 12.6. The Morgan fingerprint density at radius 1 is 1.58 bits per heavy atom. The van der Waals surface area contributed by atoms with Gasteiger partial charge in [-0.15, -0.1) is 0 Å². The lowest BCUT2D eigenvalue weighted by molar-refractivity contribution is 0.281. The molecule has 3 nitrogen and oxygen atoms in total. The molecule has 2 N–H and O–H groups in total. The summed E-state index contributed by atoms with van der Waals surface area (Å²) in [4.78, 5) is 4.24. The Hall–Kier alpha value is -1.09. The highest BCUT2D eigenvalue weighted by molar-refractivity contribution is 5.35. The van der Waals surface area contributed by atoms with Crippen molar-refractivity contribution in [3.8, 4) is 0 Å². The molecule has 0 saturated carbocycles. The van der Waals surface area contributed by atoms with Crippen LogP contribution in [0.1, 0.15) is 12.6 Å². The lowest BCUT2D eigenvalue weighted by atomic mass is 10.3. The summed E-state index contributed by atoms with van der Waals surface area (Å²) < 4.78 is 0. The second kappa shape index (κ2) is 4.07. The third kappa shape index (κ3) is 2.51. The number of hydrogen-bond acceptors (Lipinski definition) is 3. The maximum Gasteiger partial charge on any atom is 0.126 e. The number of hydrogen-bond donors (Lipinski definition) is 2. The van der Waals surface area contributed by atoms with Gasteiger partial charge in [0.05, 0.1) is 6.61 Å². The van der Waals surface area contributed by atoms with Gasteiger partial charge in [0.15, 0.2) is 0 Å². The van der Waals surface area contributed by atoms with Crippen LogP contribution in [0, 0.1) is 6.92 Å². The van der Waals surface area contributed by atoms with Crippen LogP contribution < -0.4 is 5.32 Å². The van der Waals surface area contributed by atoms with Crippen molar-refractivity contribution < 1.29 is 5.11 Å². The van der Waals surface area contributed by atoms with Gasteiger partial charge in [-0.1, -0.05) is 6.07 Å². The number of aliphatic hydroxyl groups excluding tert-OH is 1. The average molecular weight is 166 g/mol.